The van der Waals surface area contributed by atoms with E-state index in [1.165, 1.54) is 60.7 Å². The van der Waals surface area contributed by atoms with Crippen LogP contribution in [0.3, 0.4) is 0 Å². The predicted octanol–water partition coefficient (Wildman–Crippen LogP) is 5.98. The first-order valence-electron chi connectivity index (χ1n) is 14.0. The van der Waals surface area contributed by atoms with Crippen molar-refractivity contribution in [2.24, 2.45) is 0 Å². The average molecular weight is 611 g/mol. The van der Waals surface area contributed by atoms with Gasteiger partial charge in [-0.3, -0.25) is 0 Å². The summed E-state index contributed by atoms with van der Waals surface area (Å²) in [5.74, 6) is -6.51. The lowest BCUT2D eigenvalue weighted by Crippen LogP contribution is -2.14. The first-order chi connectivity index (χ1) is 21.4. The van der Waals surface area contributed by atoms with Crippen LogP contribution in [-0.2, 0) is 0 Å². The topological polar surface area (TPSA) is 202 Å². The summed E-state index contributed by atoms with van der Waals surface area (Å²) in [7, 11) is 0. The molecule has 1 fully saturated rings. The van der Waals surface area contributed by atoms with Crippen molar-refractivity contribution < 1.29 is 51.1 Å². The molecular formula is C35H30O10. The molecule has 0 heterocycles. The Hall–Kier alpha value is -5.90. The molecule has 0 saturated heterocycles. The third-order valence-electron chi connectivity index (χ3n) is 8.48. The molecule has 0 spiro atoms. The van der Waals surface area contributed by atoms with E-state index in [1.54, 1.807) is 0 Å². The van der Waals surface area contributed by atoms with E-state index in [1.807, 2.05) is 0 Å². The molecule has 0 atom stereocenters. The number of phenols is 10. The zero-order valence-corrected chi connectivity index (χ0v) is 23.5. The lowest BCUT2D eigenvalue weighted by molar-refractivity contribution is 0.437. The fraction of sp³-hybridized carbons (Fsp3) is 0.143. The highest BCUT2D eigenvalue weighted by Crippen LogP contribution is 2.68. The minimum atomic E-state index is -0.783. The van der Waals surface area contributed by atoms with Gasteiger partial charge in [0.25, 0.3) is 0 Å². The molecule has 10 N–H and O–H groups in total. The molecule has 1 saturated carbocycles. The quantitative estimate of drug-likeness (QED) is 0.113. The van der Waals surface area contributed by atoms with Crippen LogP contribution in [-0.4, -0.2) is 51.1 Å². The van der Waals surface area contributed by atoms with Crippen LogP contribution in [0.15, 0.2) is 91.0 Å². The van der Waals surface area contributed by atoms with Crippen molar-refractivity contribution in [2.45, 2.75) is 29.6 Å². The molecule has 230 valence electrons. The van der Waals surface area contributed by atoms with Crippen molar-refractivity contribution in [3.63, 3.8) is 0 Å². The van der Waals surface area contributed by atoms with E-state index in [9.17, 15) is 51.1 Å². The Labute approximate surface area is 256 Å². The molecule has 0 bridgehead atoms. The van der Waals surface area contributed by atoms with Crippen LogP contribution in [0.1, 0.15) is 57.4 Å². The first kappa shape index (κ1) is 29.2. The number of phenolic OH excluding ortho intramolecular Hbond substituents is 10. The summed E-state index contributed by atoms with van der Waals surface area (Å²) >= 11 is 0. The fourth-order valence-corrected chi connectivity index (χ4v) is 7.24. The Balaban J connectivity index is 1.77. The van der Waals surface area contributed by atoms with E-state index >= 15 is 0 Å². The summed E-state index contributed by atoms with van der Waals surface area (Å²) in [6.45, 7) is 0. The smallest absolute Gasteiger partial charge is 0.119 e. The van der Waals surface area contributed by atoms with Crippen LogP contribution in [0.4, 0.5) is 0 Å². The standard InChI is InChI=1S/C35H30O10/c36-21-1-16(2-22(37)11-21)31-32(17-3-23(38)12-24(39)4-17)34(19-7-27(42)14-28(43)8-19)35(20-9-29(44)15-30(45)10-20)33(31)18-5-25(40)13-26(41)6-18/h1-15,31-45H. The van der Waals surface area contributed by atoms with Gasteiger partial charge < -0.3 is 51.1 Å². The number of aromatic hydroxyl groups is 10. The monoisotopic (exact) mass is 610 g/mol. The van der Waals surface area contributed by atoms with Crippen molar-refractivity contribution in [1.29, 1.82) is 0 Å². The van der Waals surface area contributed by atoms with Crippen LogP contribution in [0.5, 0.6) is 57.5 Å². The van der Waals surface area contributed by atoms with Gasteiger partial charge in [0.05, 0.1) is 0 Å². The molecule has 0 unspecified atom stereocenters. The molecule has 0 aromatic heterocycles. The second-order valence-electron chi connectivity index (χ2n) is 11.5. The number of hydrogen-bond acceptors (Lipinski definition) is 10. The highest BCUT2D eigenvalue weighted by Gasteiger charge is 2.54. The molecular weight excluding hydrogens is 580 g/mol. The summed E-state index contributed by atoms with van der Waals surface area (Å²) in [5, 5.41) is 106. The molecule has 1 aliphatic carbocycles. The predicted molar refractivity (Wildman–Crippen MR) is 163 cm³/mol. The molecule has 10 nitrogen and oxygen atoms in total. The third-order valence-corrected chi connectivity index (χ3v) is 8.48. The zero-order chi connectivity index (χ0) is 32.2. The van der Waals surface area contributed by atoms with Gasteiger partial charge in [-0.2, -0.15) is 0 Å². The van der Waals surface area contributed by atoms with E-state index in [0.29, 0.717) is 27.8 Å². The van der Waals surface area contributed by atoms with Gasteiger partial charge in [0.2, 0.25) is 0 Å². The zero-order valence-electron chi connectivity index (χ0n) is 23.5. The molecule has 10 heteroatoms. The Morgan fingerprint density at radius 1 is 0.200 bits per heavy atom. The van der Waals surface area contributed by atoms with Gasteiger partial charge in [0.15, 0.2) is 0 Å². The van der Waals surface area contributed by atoms with E-state index in [0.717, 1.165) is 30.3 Å². The van der Waals surface area contributed by atoms with Gasteiger partial charge in [-0.15, -0.1) is 0 Å². The summed E-state index contributed by atoms with van der Waals surface area (Å²) < 4.78 is 0. The second kappa shape index (κ2) is 11.0. The minimum absolute atomic E-state index is 0.259. The van der Waals surface area contributed by atoms with Gasteiger partial charge in [0.1, 0.15) is 57.5 Å². The Morgan fingerprint density at radius 3 is 0.422 bits per heavy atom. The number of rotatable bonds is 5. The largest absolute Gasteiger partial charge is 0.508 e. The van der Waals surface area contributed by atoms with E-state index < -0.39 is 29.6 Å². The molecule has 1 aliphatic rings. The van der Waals surface area contributed by atoms with E-state index in [4.69, 9.17) is 0 Å². The molecule has 0 amide bonds. The molecule has 6 rings (SSSR count). The summed E-state index contributed by atoms with van der Waals surface area (Å²) in [5.41, 5.74) is 1.99. The summed E-state index contributed by atoms with van der Waals surface area (Å²) in [6.07, 6.45) is 0. The minimum Gasteiger partial charge on any atom is -0.508 e. The van der Waals surface area contributed by atoms with Gasteiger partial charge in [-0.1, -0.05) is 0 Å². The SMILES string of the molecule is Oc1cc(O)cc(C2C(c3cc(O)cc(O)c3)C(c3cc(O)cc(O)c3)C(c3cc(O)cc(O)c3)C2c2cc(O)cc(O)c2)c1. The van der Waals surface area contributed by atoms with Crippen LogP contribution in [0.2, 0.25) is 0 Å². The van der Waals surface area contributed by atoms with E-state index in [-0.39, 0.29) is 57.5 Å². The molecule has 0 aliphatic heterocycles. The highest BCUT2D eigenvalue weighted by molar-refractivity contribution is 5.56. The molecule has 5 aromatic carbocycles. The lowest BCUT2D eigenvalue weighted by Gasteiger charge is -2.29. The maximum atomic E-state index is 10.6. The second-order valence-corrected chi connectivity index (χ2v) is 11.5. The van der Waals surface area contributed by atoms with Gasteiger partial charge >= 0.3 is 0 Å². The van der Waals surface area contributed by atoms with Gasteiger partial charge in [-0.25, -0.2) is 0 Å². The van der Waals surface area contributed by atoms with Gasteiger partial charge in [0, 0.05) is 30.3 Å². The van der Waals surface area contributed by atoms with Crippen molar-refractivity contribution in [3.8, 4) is 57.5 Å². The van der Waals surface area contributed by atoms with Crippen LogP contribution < -0.4 is 0 Å². The van der Waals surface area contributed by atoms with Crippen molar-refractivity contribution in [2.75, 3.05) is 0 Å². The number of hydrogen-bond donors (Lipinski definition) is 10. The maximum absolute atomic E-state index is 10.6. The Bertz CT molecular complexity index is 1490. The van der Waals surface area contributed by atoms with Crippen LogP contribution >= 0.6 is 0 Å². The molecule has 5 aromatic rings. The third kappa shape index (κ3) is 5.61. The highest BCUT2D eigenvalue weighted by atomic mass is 16.3. The molecule has 45 heavy (non-hydrogen) atoms. The van der Waals surface area contributed by atoms with Crippen molar-refractivity contribution in [1.82, 2.24) is 0 Å². The Morgan fingerprint density at radius 2 is 0.311 bits per heavy atom. The maximum Gasteiger partial charge on any atom is 0.119 e. The fourth-order valence-electron chi connectivity index (χ4n) is 7.24. The normalized spacial score (nSPS) is 21.1. The summed E-state index contributed by atoms with van der Waals surface area (Å²) in [4.78, 5) is 0. The Kier molecular flexibility index (Phi) is 7.12. The number of benzene rings is 5. The van der Waals surface area contributed by atoms with Gasteiger partial charge in [-0.05, 0) is 118 Å². The summed E-state index contributed by atoms with van der Waals surface area (Å²) in [6, 6.07) is 20.2. The van der Waals surface area contributed by atoms with Crippen molar-refractivity contribution in [3.05, 3.63) is 119 Å². The first-order valence-corrected chi connectivity index (χ1v) is 14.0. The average Bonchev–Trinajstić information content (AvgIpc) is 3.27. The van der Waals surface area contributed by atoms with Crippen molar-refractivity contribution >= 4 is 0 Å². The van der Waals surface area contributed by atoms with E-state index in [2.05, 4.69) is 0 Å². The molecule has 0 radical (unpaired) electrons. The van der Waals surface area contributed by atoms with Crippen LogP contribution in [0, 0.1) is 0 Å². The van der Waals surface area contributed by atoms with Crippen LogP contribution in [0.25, 0.3) is 0 Å². The lowest BCUT2D eigenvalue weighted by atomic mass is 9.74.